The molecule has 0 saturated heterocycles. The largest absolute Gasteiger partial charge is 0.444 e. The van der Waals surface area contributed by atoms with E-state index in [1.807, 2.05) is 18.2 Å². The van der Waals surface area contributed by atoms with Crippen molar-refractivity contribution in [2.24, 2.45) is 0 Å². The number of thiophene rings is 1. The zero-order valence-corrected chi connectivity index (χ0v) is 25.3. The molecule has 2 atom stereocenters. The highest BCUT2D eigenvalue weighted by atomic mass is 32.1. The van der Waals surface area contributed by atoms with E-state index in [4.69, 9.17) is 4.74 Å². The number of alkyl carbamates (subject to hydrolysis) is 1. The Morgan fingerprint density at radius 2 is 2.05 bits per heavy atom. The number of aliphatic hydroxyl groups excluding tert-OH is 1. The minimum absolute atomic E-state index is 0.0786. The monoisotopic (exact) mass is 613 g/mol. The number of thiazole rings is 1. The number of aliphatic hydroxyl groups is 1. The zero-order valence-electron chi connectivity index (χ0n) is 23.7. The van der Waals surface area contributed by atoms with Crippen LogP contribution in [0.1, 0.15) is 44.1 Å². The zero-order chi connectivity index (χ0) is 29.9. The molecule has 0 bridgehead atoms. The number of carbonyl (C=O) groups excluding carboxylic acids is 2. The van der Waals surface area contributed by atoms with Gasteiger partial charge in [0.2, 0.25) is 5.91 Å². The predicted octanol–water partition coefficient (Wildman–Crippen LogP) is 3.18. The van der Waals surface area contributed by atoms with Crippen molar-refractivity contribution in [3.8, 4) is 0 Å². The summed E-state index contributed by atoms with van der Waals surface area (Å²) in [4.78, 5) is 50.4. The van der Waals surface area contributed by atoms with E-state index in [-0.39, 0.29) is 29.8 Å². The van der Waals surface area contributed by atoms with E-state index in [2.05, 4.69) is 36.2 Å². The Kier molecular flexibility index (Phi) is 9.06. The lowest BCUT2D eigenvalue weighted by atomic mass is 9.93. The van der Waals surface area contributed by atoms with Crippen molar-refractivity contribution in [1.82, 2.24) is 30.9 Å². The molecule has 2 unspecified atom stereocenters. The van der Waals surface area contributed by atoms with Crippen molar-refractivity contribution in [1.29, 1.82) is 0 Å². The molecule has 6 N–H and O–H groups in total. The molecule has 1 aliphatic rings. The van der Waals surface area contributed by atoms with Gasteiger partial charge in [0.1, 0.15) is 28.6 Å². The summed E-state index contributed by atoms with van der Waals surface area (Å²) in [6.07, 6.45) is 3.62. The molecule has 0 radical (unpaired) electrons. The fourth-order valence-electron chi connectivity index (χ4n) is 4.97. The molecule has 0 fully saturated rings. The molecular formula is C28H35N7O5S2. The molecule has 14 heteroatoms. The van der Waals surface area contributed by atoms with Crippen LogP contribution in [0.3, 0.4) is 0 Å². The lowest BCUT2D eigenvalue weighted by Crippen LogP contribution is -2.50. The van der Waals surface area contributed by atoms with Gasteiger partial charge in [-0.2, -0.15) is 0 Å². The molecule has 1 aliphatic carbocycles. The quantitative estimate of drug-likeness (QED) is 0.147. The molecule has 0 aliphatic heterocycles. The molecule has 1 aromatic carbocycles. The Bertz CT molecular complexity index is 1640. The van der Waals surface area contributed by atoms with Gasteiger partial charge in [0.25, 0.3) is 0 Å². The maximum Gasteiger partial charge on any atom is 0.408 e. The summed E-state index contributed by atoms with van der Waals surface area (Å²) in [5.74, 6) is 0.391. The van der Waals surface area contributed by atoms with E-state index < -0.39 is 17.7 Å². The normalized spacial score (nSPS) is 15.8. The van der Waals surface area contributed by atoms with Crippen LogP contribution < -0.4 is 26.1 Å². The van der Waals surface area contributed by atoms with E-state index in [0.717, 1.165) is 51.2 Å². The van der Waals surface area contributed by atoms with Crippen LogP contribution in [-0.2, 0) is 22.4 Å². The van der Waals surface area contributed by atoms with Crippen molar-refractivity contribution in [2.75, 3.05) is 25.0 Å². The molecule has 42 heavy (non-hydrogen) atoms. The number of anilines is 2. The number of amides is 2. The highest BCUT2D eigenvalue weighted by Gasteiger charge is 2.26. The third-order valence-electron chi connectivity index (χ3n) is 6.81. The van der Waals surface area contributed by atoms with Crippen molar-refractivity contribution >= 4 is 66.6 Å². The van der Waals surface area contributed by atoms with E-state index in [1.165, 1.54) is 21.8 Å². The van der Waals surface area contributed by atoms with Gasteiger partial charge < -0.3 is 36.1 Å². The number of rotatable bonds is 10. The topological polar surface area (TPSA) is 170 Å². The Balaban J connectivity index is 1.16. The number of fused-ring (bicyclic) bond motifs is 4. The van der Waals surface area contributed by atoms with E-state index in [1.54, 1.807) is 38.4 Å². The molecule has 5 rings (SSSR count). The SMILES string of the molecule is CC(C)(C)OC(=O)NC(CCO)C(=O)NCCNC1CCc2c(sc3ncnc(Nc4ccc5[nH]c(=O)sc5c4)c23)C1. The van der Waals surface area contributed by atoms with Crippen LogP contribution in [0, 0.1) is 0 Å². The first-order chi connectivity index (χ1) is 20.1. The lowest BCUT2D eigenvalue weighted by molar-refractivity contribution is -0.123. The number of ether oxygens (including phenoxy) is 1. The van der Waals surface area contributed by atoms with E-state index in [0.29, 0.717) is 13.1 Å². The minimum atomic E-state index is -0.876. The average Bonchev–Trinajstić information content (AvgIpc) is 3.48. The number of nitrogens with zero attached hydrogens (tertiary/aromatic N) is 2. The predicted molar refractivity (Wildman–Crippen MR) is 165 cm³/mol. The average molecular weight is 614 g/mol. The fraction of sp³-hybridized carbons (Fsp3) is 0.464. The van der Waals surface area contributed by atoms with Gasteiger partial charge in [-0.15, -0.1) is 11.3 Å². The summed E-state index contributed by atoms with van der Waals surface area (Å²) in [5.41, 5.74) is 2.25. The van der Waals surface area contributed by atoms with Crippen LogP contribution in [0.4, 0.5) is 16.3 Å². The molecular weight excluding hydrogens is 578 g/mol. The van der Waals surface area contributed by atoms with Crippen LogP contribution in [0.5, 0.6) is 0 Å². The Morgan fingerprint density at radius 3 is 2.83 bits per heavy atom. The van der Waals surface area contributed by atoms with Gasteiger partial charge in [-0.05, 0) is 70.2 Å². The van der Waals surface area contributed by atoms with Crippen LogP contribution in [0.25, 0.3) is 20.4 Å². The van der Waals surface area contributed by atoms with Gasteiger partial charge in [0.15, 0.2) is 0 Å². The second-order valence-corrected chi connectivity index (χ2v) is 13.3. The molecule has 4 aromatic rings. The maximum atomic E-state index is 12.6. The Labute approximate surface area is 250 Å². The van der Waals surface area contributed by atoms with Gasteiger partial charge in [-0.25, -0.2) is 14.8 Å². The molecule has 2 amide bonds. The number of aromatic amines is 1. The van der Waals surface area contributed by atoms with E-state index in [9.17, 15) is 19.5 Å². The number of H-pyrrole nitrogens is 1. The first kappa shape index (κ1) is 29.9. The summed E-state index contributed by atoms with van der Waals surface area (Å²) >= 11 is 2.85. The van der Waals surface area contributed by atoms with Gasteiger partial charge in [-0.1, -0.05) is 11.3 Å². The molecule has 3 aromatic heterocycles. The van der Waals surface area contributed by atoms with Crippen molar-refractivity contribution < 1.29 is 19.4 Å². The smallest absolute Gasteiger partial charge is 0.408 e. The summed E-state index contributed by atoms with van der Waals surface area (Å²) in [6.45, 7) is 5.94. The number of aryl methyl sites for hydroxylation is 1. The number of nitrogens with one attached hydrogen (secondary N) is 5. The van der Waals surface area contributed by atoms with Crippen LogP contribution in [0.15, 0.2) is 29.3 Å². The number of benzene rings is 1. The Hall–Kier alpha value is -3.59. The number of hydrogen-bond acceptors (Lipinski definition) is 11. The fourth-order valence-corrected chi connectivity index (χ4v) is 7.01. The lowest BCUT2D eigenvalue weighted by Gasteiger charge is -2.24. The minimum Gasteiger partial charge on any atom is -0.444 e. The van der Waals surface area contributed by atoms with Gasteiger partial charge >= 0.3 is 11.0 Å². The number of aromatic nitrogens is 3. The summed E-state index contributed by atoms with van der Waals surface area (Å²) < 4.78 is 6.11. The highest BCUT2D eigenvalue weighted by molar-refractivity contribution is 7.19. The van der Waals surface area contributed by atoms with Crippen molar-refractivity contribution in [2.45, 2.75) is 64.1 Å². The Morgan fingerprint density at radius 1 is 1.21 bits per heavy atom. The third kappa shape index (κ3) is 7.24. The number of hydrogen-bond donors (Lipinski definition) is 6. The number of carbonyl (C=O) groups is 2. The molecule has 3 heterocycles. The first-order valence-corrected chi connectivity index (χ1v) is 15.5. The molecule has 0 spiro atoms. The first-order valence-electron chi connectivity index (χ1n) is 13.9. The summed E-state index contributed by atoms with van der Waals surface area (Å²) in [6, 6.07) is 5.14. The van der Waals surface area contributed by atoms with Crippen LogP contribution in [0.2, 0.25) is 0 Å². The van der Waals surface area contributed by atoms with Crippen molar-refractivity contribution in [3.05, 3.63) is 44.6 Å². The van der Waals surface area contributed by atoms with Crippen LogP contribution >= 0.6 is 22.7 Å². The second-order valence-electron chi connectivity index (χ2n) is 11.2. The second kappa shape index (κ2) is 12.7. The van der Waals surface area contributed by atoms with Gasteiger partial charge in [0.05, 0.1) is 15.6 Å². The third-order valence-corrected chi connectivity index (χ3v) is 8.82. The molecule has 224 valence electrons. The summed E-state index contributed by atoms with van der Waals surface area (Å²) in [7, 11) is 0. The van der Waals surface area contributed by atoms with Gasteiger partial charge in [0, 0.05) is 36.3 Å². The maximum absolute atomic E-state index is 12.6. The summed E-state index contributed by atoms with van der Waals surface area (Å²) in [5, 5.41) is 22.7. The van der Waals surface area contributed by atoms with Gasteiger partial charge in [-0.3, -0.25) is 9.59 Å². The highest BCUT2D eigenvalue weighted by Crippen LogP contribution is 2.39. The molecule has 0 saturated carbocycles. The molecule has 12 nitrogen and oxygen atoms in total. The van der Waals surface area contributed by atoms with Crippen LogP contribution in [-0.4, -0.2) is 69.4 Å². The standard InChI is InChI=1S/C28H35N7O5S2/c1-28(2,3)40-26(38)34-19(8-11-36)24(37)30-10-9-29-15-4-6-17-20(12-15)41-25-22(17)23(31-14-32-25)33-16-5-7-18-21(13-16)42-27(39)35-18/h5,7,13-15,19,29,36H,4,6,8-12H2,1-3H3,(H,30,37)(H,34,38)(H,35,39)(H,31,32,33). The van der Waals surface area contributed by atoms with E-state index >= 15 is 0 Å². The van der Waals surface area contributed by atoms with Crippen molar-refractivity contribution in [3.63, 3.8) is 0 Å².